The van der Waals surface area contributed by atoms with Crippen LogP contribution in [0.3, 0.4) is 0 Å². The average molecular weight is 304 g/mol. The first-order valence-electron chi connectivity index (χ1n) is 6.71. The predicted octanol–water partition coefficient (Wildman–Crippen LogP) is 2.17. The van der Waals surface area contributed by atoms with Crippen LogP contribution in [0.25, 0.3) is 0 Å². The smallest absolute Gasteiger partial charge is 0.264 e. The summed E-state index contributed by atoms with van der Waals surface area (Å²) in [5.41, 5.74) is 1.25. The first-order valence-corrected chi connectivity index (χ1v) is 8.19. The van der Waals surface area contributed by atoms with Crippen molar-refractivity contribution in [3.05, 3.63) is 41.0 Å². The molecule has 21 heavy (non-hydrogen) atoms. The van der Waals surface area contributed by atoms with Crippen LogP contribution in [0.5, 0.6) is 0 Å². The summed E-state index contributed by atoms with van der Waals surface area (Å²) in [4.78, 5) is 12.0. The molecule has 0 spiro atoms. The second kappa shape index (κ2) is 6.10. The monoisotopic (exact) mass is 304 g/mol. The molecule has 0 unspecified atom stereocenters. The molecule has 6 heteroatoms. The normalized spacial score (nSPS) is 15.0. The minimum Gasteiger partial charge on any atom is -0.269 e. The first-order chi connectivity index (χ1) is 9.94. The molecule has 1 aromatic rings. The lowest BCUT2D eigenvalue weighted by Gasteiger charge is -2.14. The van der Waals surface area contributed by atoms with Crippen molar-refractivity contribution in [1.82, 2.24) is 4.72 Å². The second-order valence-corrected chi connectivity index (χ2v) is 6.65. The summed E-state index contributed by atoms with van der Waals surface area (Å²) in [5, 5.41) is 8.86. The maximum atomic E-state index is 12.3. The Hall–Kier alpha value is -2.13. The molecule has 5 nitrogen and oxygen atoms in total. The molecule has 0 aromatic heterocycles. The van der Waals surface area contributed by atoms with Gasteiger partial charge in [-0.3, -0.25) is 4.79 Å². The summed E-state index contributed by atoms with van der Waals surface area (Å²) in [6, 6.07) is 6.27. The van der Waals surface area contributed by atoms with E-state index < -0.39 is 15.9 Å². The number of nitrogens with zero attached hydrogens (tertiary/aromatic N) is 1. The Morgan fingerprint density at radius 3 is 2.71 bits per heavy atom. The van der Waals surface area contributed by atoms with Crippen LogP contribution < -0.4 is 4.72 Å². The molecule has 1 aromatic carbocycles. The number of hydrogen-bond acceptors (Lipinski definition) is 4. The maximum Gasteiger partial charge on any atom is 0.264 e. The number of hydrogen-bond donors (Lipinski definition) is 1. The van der Waals surface area contributed by atoms with Gasteiger partial charge in [0, 0.05) is 5.57 Å². The Bertz CT molecular complexity index is 743. The minimum atomic E-state index is -3.96. The van der Waals surface area contributed by atoms with E-state index in [9.17, 15) is 13.2 Å². The number of benzene rings is 1. The van der Waals surface area contributed by atoms with E-state index in [4.69, 9.17) is 5.26 Å². The van der Waals surface area contributed by atoms with Gasteiger partial charge < -0.3 is 0 Å². The van der Waals surface area contributed by atoms with Gasteiger partial charge in [0.25, 0.3) is 15.9 Å². The van der Waals surface area contributed by atoms with E-state index in [0.717, 1.165) is 19.3 Å². The Labute approximate surface area is 124 Å². The van der Waals surface area contributed by atoms with Crippen LogP contribution >= 0.6 is 0 Å². The average Bonchev–Trinajstić information content (AvgIpc) is 2.48. The molecule has 0 atom stereocenters. The van der Waals surface area contributed by atoms with Crippen LogP contribution in [0.15, 0.2) is 34.7 Å². The van der Waals surface area contributed by atoms with Gasteiger partial charge >= 0.3 is 0 Å². The zero-order chi connectivity index (χ0) is 15.5. The number of amides is 1. The molecule has 0 fully saturated rings. The topological polar surface area (TPSA) is 87.0 Å². The van der Waals surface area contributed by atoms with Gasteiger partial charge in [-0.2, -0.15) is 5.26 Å². The van der Waals surface area contributed by atoms with Gasteiger partial charge in [0.1, 0.15) is 0 Å². The van der Waals surface area contributed by atoms with E-state index in [1.165, 1.54) is 6.07 Å². The number of carbonyl (C=O) groups excluding carboxylic acids is 1. The van der Waals surface area contributed by atoms with Crippen molar-refractivity contribution in [2.45, 2.75) is 37.5 Å². The third-order valence-corrected chi connectivity index (χ3v) is 4.89. The molecule has 110 valence electrons. The van der Waals surface area contributed by atoms with Crippen LogP contribution in [0.4, 0.5) is 0 Å². The fraction of sp³-hybridized carbons (Fsp3) is 0.333. The summed E-state index contributed by atoms with van der Waals surface area (Å²) >= 11 is 0. The van der Waals surface area contributed by atoms with Gasteiger partial charge in [-0.05, 0) is 50.3 Å². The fourth-order valence-electron chi connectivity index (χ4n) is 2.25. The SMILES string of the molecule is Cc1ccc(C#N)cc1S(=O)(=O)NC(=O)C1=CCCCC1. The Kier molecular flexibility index (Phi) is 4.43. The summed E-state index contributed by atoms with van der Waals surface area (Å²) in [7, 11) is -3.96. The molecular weight excluding hydrogens is 288 g/mol. The lowest BCUT2D eigenvalue weighted by Crippen LogP contribution is -2.32. The van der Waals surface area contributed by atoms with Gasteiger partial charge in [0.05, 0.1) is 16.5 Å². The molecule has 0 saturated heterocycles. The number of nitriles is 1. The van der Waals surface area contributed by atoms with Crippen LogP contribution in [0.2, 0.25) is 0 Å². The number of nitrogens with one attached hydrogen (secondary N) is 1. The van der Waals surface area contributed by atoms with Gasteiger partial charge in [-0.1, -0.05) is 12.1 Å². The summed E-state index contributed by atoms with van der Waals surface area (Å²) in [6.07, 6.45) is 5.09. The highest BCUT2D eigenvalue weighted by atomic mass is 32.2. The zero-order valence-electron chi connectivity index (χ0n) is 11.7. The van der Waals surface area contributed by atoms with E-state index in [2.05, 4.69) is 4.72 Å². The summed E-state index contributed by atoms with van der Waals surface area (Å²) in [6.45, 7) is 1.63. The van der Waals surface area contributed by atoms with Crippen molar-refractivity contribution in [2.75, 3.05) is 0 Å². The highest BCUT2D eigenvalue weighted by molar-refractivity contribution is 7.90. The molecule has 1 aliphatic rings. The van der Waals surface area contributed by atoms with Gasteiger partial charge in [-0.25, -0.2) is 13.1 Å². The number of carbonyl (C=O) groups is 1. The Morgan fingerprint density at radius 1 is 1.33 bits per heavy atom. The van der Waals surface area contributed by atoms with Crippen molar-refractivity contribution < 1.29 is 13.2 Å². The molecule has 1 aliphatic carbocycles. The molecule has 0 bridgehead atoms. The second-order valence-electron chi connectivity index (χ2n) is 5.00. The number of allylic oxidation sites excluding steroid dienone is 1. The molecule has 1 amide bonds. The third-order valence-electron chi connectivity index (χ3n) is 3.42. The number of rotatable bonds is 3. The predicted molar refractivity (Wildman–Crippen MR) is 77.8 cm³/mol. The van der Waals surface area contributed by atoms with E-state index in [-0.39, 0.29) is 10.5 Å². The molecular formula is C15H16N2O3S. The fourth-order valence-corrected chi connectivity index (χ4v) is 3.51. The Balaban J connectivity index is 2.28. The highest BCUT2D eigenvalue weighted by Crippen LogP contribution is 2.20. The molecule has 1 N–H and O–H groups in total. The van der Waals surface area contributed by atoms with Crippen LogP contribution in [-0.2, 0) is 14.8 Å². The largest absolute Gasteiger partial charge is 0.269 e. The van der Waals surface area contributed by atoms with E-state index >= 15 is 0 Å². The minimum absolute atomic E-state index is 0.0358. The lowest BCUT2D eigenvalue weighted by atomic mass is 9.99. The molecule has 2 rings (SSSR count). The summed E-state index contributed by atoms with van der Waals surface area (Å²) in [5.74, 6) is -0.573. The van der Waals surface area contributed by atoms with Crippen LogP contribution in [-0.4, -0.2) is 14.3 Å². The quantitative estimate of drug-likeness (QED) is 0.927. The van der Waals surface area contributed by atoms with Gasteiger partial charge in [0.15, 0.2) is 0 Å². The van der Waals surface area contributed by atoms with E-state index in [1.807, 2.05) is 6.07 Å². The van der Waals surface area contributed by atoms with Crippen molar-refractivity contribution in [1.29, 1.82) is 5.26 Å². The molecule has 0 aliphatic heterocycles. The standard InChI is InChI=1S/C15H16N2O3S/c1-11-7-8-12(10-16)9-14(11)21(19,20)17-15(18)13-5-3-2-4-6-13/h5,7-9H,2-4,6H2,1H3,(H,17,18). The van der Waals surface area contributed by atoms with Gasteiger partial charge in [-0.15, -0.1) is 0 Å². The van der Waals surface area contributed by atoms with Crippen molar-refractivity contribution in [3.8, 4) is 6.07 Å². The van der Waals surface area contributed by atoms with Crippen molar-refractivity contribution >= 4 is 15.9 Å². The molecule has 0 saturated carbocycles. The molecule has 0 radical (unpaired) electrons. The number of aryl methyl sites for hydroxylation is 1. The van der Waals surface area contributed by atoms with Crippen molar-refractivity contribution in [3.63, 3.8) is 0 Å². The van der Waals surface area contributed by atoms with Crippen LogP contribution in [0, 0.1) is 18.3 Å². The van der Waals surface area contributed by atoms with Crippen molar-refractivity contribution in [2.24, 2.45) is 0 Å². The molecule has 0 heterocycles. The Morgan fingerprint density at radius 2 is 2.10 bits per heavy atom. The maximum absolute atomic E-state index is 12.3. The third kappa shape index (κ3) is 3.50. The summed E-state index contributed by atoms with van der Waals surface area (Å²) < 4.78 is 26.7. The van der Waals surface area contributed by atoms with Gasteiger partial charge in [0.2, 0.25) is 0 Å². The zero-order valence-corrected chi connectivity index (χ0v) is 12.5. The van der Waals surface area contributed by atoms with E-state index in [0.29, 0.717) is 17.6 Å². The highest BCUT2D eigenvalue weighted by Gasteiger charge is 2.22. The number of sulfonamides is 1. The lowest BCUT2D eigenvalue weighted by molar-refractivity contribution is -0.116. The first kappa shape index (κ1) is 15.3. The van der Waals surface area contributed by atoms with Crippen LogP contribution in [0.1, 0.15) is 36.8 Å². The van der Waals surface area contributed by atoms with E-state index in [1.54, 1.807) is 25.1 Å².